The van der Waals surface area contributed by atoms with E-state index in [1.165, 1.54) is 99.3 Å². The van der Waals surface area contributed by atoms with Crippen molar-refractivity contribution in [1.29, 1.82) is 0 Å². The van der Waals surface area contributed by atoms with Gasteiger partial charge >= 0.3 is 0 Å². The van der Waals surface area contributed by atoms with Gasteiger partial charge in [-0.25, -0.2) is 0 Å². The minimum Gasteiger partial charge on any atom is -0.455 e. The lowest BCUT2D eigenvalue weighted by molar-refractivity contribution is 0.590. The molecule has 0 saturated carbocycles. The molecule has 0 saturated heterocycles. The Morgan fingerprint density at radius 2 is 0.905 bits per heavy atom. The highest BCUT2D eigenvalue weighted by atomic mass is 16.3. The highest BCUT2D eigenvalue weighted by Crippen LogP contribution is 2.64. The van der Waals surface area contributed by atoms with E-state index in [1.54, 1.807) is 0 Å². The Hall–Kier alpha value is -8.14. The number of fused-ring (bicyclic) bond motifs is 20. The summed E-state index contributed by atoms with van der Waals surface area (Å²) in [7, 11) is 0. The van der Waals surface area contributed by atoms with Crippen LogP contribution in [0.4, 0.5) is 17.1 Å². The van der Waals surface area contributed by atoms with Crippen LogP contribution in [0, 0.1) is 0 Å². The molecule has 0 radical (unpaired) electrons. The van der Waals surface area contributed by atoms with Crippen LogP contribution in [-0.4, -0.2) is 0 Å². The molecule has 3 aliphatic rings. The first-order valence-electron chi connectivity index (χ1n) is 26.4. The van der Waals surface area contributed by atoms with Crippen molar-refractivity contribution >= 4 is 71.7 Å². The van der Waals surface area contributed by atoms with Crippen LogP contribution in [0.5, 0.6) is 0 Å². The van der Waals surface area contributed by atoms with E-state index >= 15 is 0 Å². The molecule has 358 valence electrons. The average Bonchev–Trinajstić information content (AvgIpc) is 4.15. The molecule has 3 nitrogen and oxygen atoms in total. The van der Waals surface area contributed by atoms with Gasteiger partial charge in [-0.1, -0.05) is 184 Å². The molecular formula is C71H57NO2. The molecule has 0 bridgehead atoms. The summed E-state index contributed by atoms with van der Waals surface area (Å²) in [5, 5.41) is 7.18. The van der Waals surface area contributed by atoms with Gasteiger partial charge in [0.2, 0.25) is 0 Å². The molecule has 0 spiro atoms. The zero-order valence-corrected chi connectivity index (χ0v) is 43.6. The summed E-state index contributed by atoms with van der Waals surface area (Å²) in [5.41, 5.74) is 25.7. The molecule has 0 amide bonds. The van der Waals surface area contributed by atoms with E-state index in [-0.39, 0.29) is 21.7 Å². The number of rotatable bonds is 4. The third-order valence-corrected chi connectivity index (χ3v) is 17.7. The van der Waals surface area contributed by atoms with Gasteiger partial charge in [0.1, 0.15) is 22.3 Å². The lowest BCUT2D eigenvalue weighted by atomic mass is 9.72. The summed E-state index contributed by atoms with van der Waals surface area (Å²) >= 11 is 0. The van der Waals surface area contributed by atoms with Crippen molar-refractivity contribution in [2.75, 3.05) is 4.90 Å². The summed E-state index contributed by atoms with van der Waals surface area (Å²) in [6.07, 6.45) is 0. The van der Waals surface area contributed by atoms with Gasteiger partial charge in [0.15, 0.2) is 0 Å². The maximum atomic E-state index is 7.01. The molecule has 3 aliphatic carbocycles. The standard InChI is InChI=1S/C71H57NO2/c1-68(2,3)43-28-30-44(31-29-43)72(46-33-35-49-55(38-46)71(8,9)64-60(49)62-51-22-14-17-25-58(51)74-67(62)63-47-20-12-15-23-53(47)70(6,7)65(63)64)45-32-34-48-54(37-45)69(4,5)56-39-52(42-27-26-40-18-10-11-19-41(40)36-42)66-61(59(48)56)50-21-13-16-24-57(50)73-66/h10-39H,1-9H3. The lowest BCUT2D eigenvalue weighted by Crippen LogP contribution is -2.24. The van der Waals surface area contributed by atoms with Crippen molar-refractivity contribution in [3.05, 3.63) is 221 Å². The smallest absolute Gasteiger partial charge is 0.144 e. The number of hydrogen-bond acceptors (Lipinski definition) is 3. The zero-order valence-electron chi connectivity index (χ0n) is 43.6. The van der Waals surface area contributed by atoms with Crippen LogP contribution < -0.4 is 4.90 Å². The topological polar surface area (TPSA) is 29.5 Å². The molecule has 3 heteroatoms. The van der Waals surface area contributed by atoms with Crippen LogP contribution in [0.2, 0.25) is 0 Å². The van der Waals surface area contributed by atoms with Gasteiger partial charge in [0, 0.05) is 66.0 Å². The molecule has 0 aliphatic heterocycles. The predicted molar refractivity (Wildman–Crippen MR) is 310 cm³/mol. The van der Waals surface area contributed by atoms with Gasteiger partial charge in [-0.2, -0.15) is 0 Å². The Morgan fingerprint density at radius 3 is 1.59 bits per heavy atom. The fourth-order valence-electron chi connectivity index (χ4n) is 14.0. The van der Waals surface area contributed by atoms with E-state index in [2.05, 4.69) is 249 Å². The molecule has 0 N–H and O–H groups in total. The molecule has 2 heterocycles. The molecule has 2 aromatic heterocycles. The fraction of sp³-hybridized carbons (Fsp3) is 0.183. The van der Waals surface area contributed by atoms with Gasteiger partial charge in [-0.05, 0) is 149 Å². The minimum absolute atomic E-state index is 0.0146. The van der Waals surface area contributed by atoms with Crippen molar-refractivity contribution in [3.8, 4) is 44.5 Å². The van der Waals surface area contributed by atoms with Crippen molar-refractivity contribution in [2.24, 2.45) is 0 Å². The molecule has 12 aromatic rings. The first kappa shape index (κ1) is 43.4. The molecule has 0 fully saturated rings. The Labute approximate surface area is 432 Å². The van der Waals surface area contributed by atoms with Gasteiger partial charge < -0.3 is 13.7 Å². The van der Waals surface area contributed by atoms with Gasteiger partial charge in [-0.3, -0.25) is 0 Å². The van der Waals surface area contributed by atoms with Crippen molar-refractivity contribution in [3.63, 3.8) is 0 Å². The van der Waals surface area contributed by atoms with Crippen molar-refractivity contribution in [1.82, 2.24) is 0 Å². The molecular weight excluding hydrogens is 899 g/mol. The molecule has 15 rings (SSSR count). The van der Waals surface area contributed by atoms with E-state index < -0.39 is 0 Å². The second kappa shape index (κ2) is 14.5. The van der Waals surface area contributed by atoms with Crippen LogP contribution in [-0.2, 0) is 21.7 Å². The normalized spacial score (nSPS) is 15.4. The molecule has 10 aromatic carbocycles. The molecule has 0 unspecified atom stereocenters. The Kier molecular flexibility index (Phi) is 8.54. The maximum Gasteiger partial charge on any atom is 0.144 e. The second-order valence-corrected chi connectivity index (χ2v) is 24.0. The third-order valence-electron chi connectivity index (χ3n) is 17.7. The zero-order chi connectivity index (χ0) is 50.4. The number of furan rings is 2. The average molecular weight is 956 g/mol. The van der Waals surface area contributed by atoms with Gasteiger partial charge in [0.25, 0.3) is 0 Å². The van der Waals surface area contributed by atoms with E-state index in [1.807, 2.05) is 0 Å². The number of anilines is 3. The third kappa shape index (κ3) is 5.68. The van der Waals surface area contributed by atoms with E-state index in [0.29, 0.717) is 0 Å². The first-order valence-corrected chi connectivity index (χ1v) is 26.4. The summed E-state index contributed by atoms with van der Waals surface area (Å²) in [5.74, 6) is 0. The SMILES string of the molecule is CC(C)(C)c1ccc(N(c2ccc3c(c2)C(C)(C)c2cc(-c4ccc5ccccc5c4)c4oc5ccccc5c4c2-3)c2ccc3c(c2)C(C)(C)c2c4c(c5oc6ccccc6c5c2-3)-c2ccccc2C4(C)C)cc1. The van der Waals surface area contributed by atoms with Crippen LogP contribution in [0.25, 0.3) is 99.2 Å². The Bertz CT molecular complexity index is 4430. The molecule has 0 atom stereocenters. The van der Waals surface area contributed by atoms with E-state index in [4.69, 9.17) is 8.83 Å². The van der Waals surface area contributed by atoms with Crippen molar-refractivity contribution in [2.45, 2.75) is 84.0 Å². The molecule has 74 heavy (non-hydrogen) atoms. The van der Waals surface area contributed by atoms with Crippen LogP contribution >= 0.6 is 0 Å². The van der Waals surface area contributed by atoms with Crippen LogP contribution in [0.15, 0.2) is 191 Å². The monoisotopic (exact) mass is 955 g/mol. The predicted octanol–water partition coefficient (Wildman–Crippen LogP) is 20.0. The summed E-state index contributed by atoms with van der Waals surface area (Å²) in [6.45, 7) is 21.5. The number of hydrogen-bond donors (Lipinski definition) is 0. The van der Waals surface area contributed by atoms with Crippen LogP contribution in [0.3, 0.4) is 0 Å². The maximum absolute atomic E-state index is 7.01. The highest BCUT2D eigenvalue weighted by molar-refractivity contribution is 6.22. The van der Waals surface area contributed by atoms with Gasteiger partial charge in [0.05, 0.1) is 0 Å². The highest BCUT2D eigenvalue weighted by Gasteiger charge is 2.49. The number of benzene rings is 10. The first-order chi connectivity index (χ1) is 35.6. The quantitative estimate of drug-likeness (QED) is 0.176. The summed E-state index contributed by atoms with van der Waals surface area (Å²) < 4.78 is 13.9. The number of para-hydroxylation sites is 2. The fourth-order valence-corrected chi connectivity index (χ4v) is 14.0. The largest absolute Gasteiger partial charge is 0.455 e. The van der Waals surface area contributed by atoms with Crippen LogP contribution in [0.1, 0.15) is 101 Å². The van der Waals surface area contributed by atoms with Crippen molar-refractivity contribution < 1.29 is 8.83 Å². The lowest BCUT2D eigenvalue weighted by Gasteiger charge is -2.32. The van der Waals surface area contributed by atoms with Gasteiger partial charge in [-0.15, -0.1) is 0 Å². The van der Waals surface area contributed by atoms with E-state index in [0.717, 1.165) is 55.9 Å². The minimum atomic E-state index is -0.332. The summed E-state index contributed by atoms with van der Waals surface area (Å²) in [6, 6.07) is 67.9. The second-order valence-electron chi connectivity index (χ2n) is 24.0. The van der Waals surface area contributed by atoms with E-state index in [9.17, 15) is 0 Å². The Balaban J connectivity index is 0.944. The summed E-state index contributed by atoms with van der Waals surface area (Å²) in [4.78, 5) is 2.50. The Morgan fingerprint density at radius 1 is 0.378 bits per heavy atom. The number of nitrogens with zero attached hydrogens (tertiary/aromatic N) is 1.